The van der Waals surface area contributed by atoms with Crippen LogP contribution >= 0.6 is 0 Å². The van der Waals surface area contributed by atoms with Gasteiger partial charge in [0.2, 0.25) is 11.2 Å². The number of carbonyl (C=O) groups excluding carboxylic acids is 1. The van der Waals surface area contributed by atoms with Crippen LogP contribution < -0.4 is 24.4 Å². The van der Waals surface area contributed by atoms with Gasteiger partial charge >= 0.3 is 5.97 Å². The molecule has 0 amide bonds. The number of rotatable bonds is 7. The van der Waals surface area contributed by atoms with E-state index in [-0.39, 0.29) is 27.9 Å². The number of benzene rings is 3. The average molecular weight is 432 g/mol. The maximum atomic E-state index is 12.9. The van der Waals surface area contributed by atoms with E-state index in [9.17, 15) is 9.59 Å². The molecule has 0 aliphatic carbocycles. The molecule has 1 heterocycles. The van der Waals surface area contributed by atoms with Crippen molar-refractivity contribution < 1.29 is 28.2 Å². The van der Waals surface area contributed by atoms with Crippen LogP contribution in [0.25, 0.3) is 11.0 Å². The summed E-state index contributed by atoms with van der Waals surface area (Å²) in [5.41, 5.74) is 0.238. The average Bonchev–Trinajstić information content (AvgIpc) is 2.82. The Labute approximate surface area is 183 Å². The van der Waals surface area contributed by atoms with E-state index in [0.717, 1.165) is 0 Å². The number of para-hydroxylation sites is 2. The first-order valence-electron chi connectivity index (χ1n) is 9.90. The number of hydrogen-bond donors (Lipinski definition) is 0. The molecule has 7 heteroatoms. The number of esters is 1. The Morgan fingerprint density at radius 1 is 0.906 bits per heavy atom. The molecule has 0 saturated carbocycles. The molecule has 3 aromatic carbocycles. The van der Waals surface area contributed by atoms with Crippen molar-refractivity contribution >= 4 is 16.9 Å². The first kappa shape index (κ1) is 21.0. The molecular weight excluding hydrogens is 412 g/mol. The van der Waals surface area contributed by atoms with Gasteiger partial charge in [-0.05, 0) is 49.4 Å². The topological polar surface area (TPSA) is 84.2 Å². The van der Waals surface area contributed by atoms with E-state index in [2.05, 4.69) is 0 Å². The van der Waals surface area contributed by atoms with Gasteiger partial charge in [-0.2, -0.15) is 0 Å². The third-order valence-corrected chi connectivity index (χ3v) is 4.60. The Hall–Kier alpha value is -4.26. The van der Waals surface area contributed by atoms with Gasteiger partial charge in [-0.25, -0.2) is 4.79 Å². The minimum absolute atomic E-state index is 0.0192. The molecule has 4 rings (SSSR count). The lowest BCUT2D eigenvalue weighted by molar-refractivity contribution is 0.0734. The quantitative estimate of drug-likeness (QED) is 0.293. The normalized spacial score (nSPS) is 10.6. The van der Waals surface area contributed by atoms with Gasteiger partial charge in [-0.1, -0.05) is 18.2 Å². The van der Waals surface area contributed by atoms with E-state index < -0.39 is 5.97 Å². The SMILES string of the molecule is CCOc1ccccc1Oc1coc2cc(OC(=O)c3cccc(OC)c3)ccc2c1=O. The van der Waals surface area contributed by atoms with Crippen LogP contribution in [0.5, 0.6) is 28.7 Å². The zero-order chi connectivity index (χ0) is 22.5. The Balaban J connectivity index is 1.58. The van der Waals surface area contributed by atoms with Gasteiger partial charge in [0.1, 0.15) is 23.3 Å². The van der Waals surface area contributed by atoms with Gasteiger partial charge in [0.15, 0.2) is 11.5 Å². The van der Waals surface area contributed by atoms with Crippen molar-refractivity contribution in [2.75, 3.05) is 13.7 Å². The van der Waals surface area contributed by atoms with Crippen LogP contribution in [0.3, 0.4) is 0 Å². The molecule has 0 radical (unpaired) electrons. The summed E-state index contributed by atoms with van der Waals surface area (Å²) in [5, 5.41) is 0.289. The van der Waals surface area contributed by atoms with Gasteiger partial charge in [0.05, 0.1) is 24.7 Å². The summed E-state index contributed by atoms with van der Waals surface area (Å²) < 4.78 is 27.4. The summed E-state index contributed by atoms with van der Waals surface area (Å²) in [6.07, 6.45) is 1.22. The Morgan fingerprint density at radius 3 is 2.50 bits per heavy atom. The molecule has 4 aromatic rings. The number of fused-ring (bicyclic) bond motifs is 1. The van der Waals surface area contributed by atoms with Gasteiger partial charge in [0, 0.05) is 6.07 Å². The molecule has 0 N–H and O–H groups in total. The number of ether oxygens (including phenoxy) is 4. The highest BCUT2D eigenvalue weighted by Crippen LogP contribution is 2.31. The highest BCUT2D eigenvalue weighted by Gasteiger charge is 2.14. The zero-order valence-electron chi connectivity index (χ0n) is 17.5. The van der Waals surface area contributed by atoms with Crippen LogP contribution in [0.1, 0.15) is 17.3 Å². The number of hydrogen-bond acceptors (Lipinski definition) is 7. The zero-order valence-corrected chi connectivity index (χ0v) is 17.5. The summed E-state index contributed by atoms with van der Waals surface area (Å²) in [7, 11) is 1.52. The Bertz CT molecular complexity index is 1320. The molecule has 0 bridgehead atoms. The lowest BCUT2D eigenvalue weighted by Gasteiger charge is -2.11. The highest BCUT2D eigenvalue weighted by molar-refractivity contribution is 5.92. The molecule has 0 spiro atoms. The first-order chi connectivity index (χ1) is 15.6. The molecule has 0 atom stereocenters. The molecule has 0 fully saturated rings. The van der Waals surface area contributed by atoms with Crippen molar-refractivity contribution in [3.05, 3.63) is 88.8 Å². The fourth-order valence-electron chi connectivity index (χ4n) is 3.07. The molecule has 1 aromatic heterocycles. The second-order valence-electron chi connectivity index (χ2n) is 6.69. The van der Waals surface area contributed by atoms with Crippen molar-refractivity contribution in [3.8, 4) is 28.7 Å². The smallest absolute Gasteiger partial charge is 0.343 e. The van der Waals surface area contributed by atoms with Gasteiger partial charge in [0.25, 0.3) is 0 Å². The Kier molecular flexibility index (Phi) is 6.07. The van der Waals surface area contributed by atoms with Gasteiger partial charge in [-0.15, -0.1) is 0 Å². The van der Waals surface area contributed by atoms with E-state index in [1.807, 2.05) is 13.0 Å². The van der Waals surface area contributed by atoms with E-state index in [1.165, 1.54) is 31.6 Å². The number of methoxy groups -OCH3 is 1. The largest absolute Gasteiger partial charge is 0.497 e. The summed E-state index contributed by atoms with van der Waals surface area (Å²) in [6, 6.07) is 18.2. The second kappa shape index (κ2) is 9.26. The number of carbonyl (C=O) groups is 1. The highest BCUT2D eigenvalue weighted by atomic mass is 16.5. The Morgan fingerprint density at radius 2 is 1.72 bits per heavy atom. The summed E-state index contributed by atoms with van der Waals surface area (Å²) in [6.45, 7) is 2.32. The second-order valence-corrected chi connectivity index (χ2v) is 6.69. The monoisotopic (exact) mass is 432 g/mol. The van der Waals surface area contributed by atoms with Gasteiger partial charge in [-0.3, -0.25) is 4.79 Å². The standard InChI is InChI=1S/C25H20O7/c1-3-29-20-9-4-5-10-21(20)32-23-15-30-22-14-18(11-12-19(22)24(23)26)31-25(27)16-7-6-8-17(13-16)28-2/h4-15H,3H2,1-2H3. The summed E-state index contributed by atoms with van der Waals surface area (Å²) >= 11 is 0. The van der Waals surface area contributed by atoms with Crippen LogP contribution in [0.2, 0.25) is 0 Å². The lowest BCUT2D eigenvalue weighted by atomic mass is 10.2. The fraction of sp³-hybridized carbons (Fsp3) is 0.120. The van der Waals surface area contributed by atoms with Gasteiger partial charge < -0.3 is 23.4 Å². The van der Waals surface area contributed by atoms with Crippen LogP contribution in [0, 0.1) is 0 Å². The molecule has 0 unspecified atom stereocenters. The molecule has 162 valence electrons. The van der Waals surface area contributed by atoms with Crippen molar-refractivity contribution in [2.45, 2.75) is 6.92 Å². The minimum atomic E-state index is -0.557. The van der Waals surface area contributed by atoms with Crippen molar-refractivity contribution in [3.63, 3.8) is 0 Å². The van der Waals surface area contributed by atoms with E-state index in [1.54, 1.807) is 42.5 Å². The minimum Gasteiger partial charge on any atom is -0.497 e. The predicted octanol–water partition coefficient (Wildman–Crippen LogP) is 5.21. The third kappa shape index (κ3) is 4.41. The molecule has 7 nitrogen and oxygen atoms in total. The molecule has 32 heavy (non-hydrogen) atoms. The molecule has 0 aliphatic heterocycles. The lowest BCUT2D eigenvalue weighted by Crippen LogP contribution is -2.09. The van der Waals surface area contributed by atoms with Crippen molar-refractivity contribution in [2.24, 2.45) is 0 Å². The maximum Gasteiger partial charge on any atom is 0.343 e. The van der Waals surface area contributed by atoms with E-state index >= 15 is 0 Å². The van der Waals surface area contributed by atoms with Crippen molar-refractivity contribution in [1.82, 2.24) is 0 Å². The first-order valence-corrected chi connectivity index (χ1v) is 9.90. The van der Waals surface area contributed by atoms with Crippen LogP contribution in [0.4, 0.5) is 0 Å². The molecule has 0 aliphatic rings. The molecule has 0 saturated heterocycles. The predicted molar refractivity (Wildman–Crippen MR) is 118 cm³/mol. The van der Waals surface area contributed by atoms with Crippen LogP contribution in [-0.4, -0.2) is 19.7 Å². The van der Waals surface area contributed by atoms with E-state index in [0.29, 0.717) is 29.4 Å². The fourth-order valence-corrected chi connectivity index (χ4v) is 3.07. The van der Waals surface area contributed by atoms with Crippen LogP contribution in [0.15, 0.2) is 82.2 Å². The van der Waals surface area contributed by atoms with Crippen molar-refractivity contribution in [1.29, 1.82) is 0 Å². The maximum absolute atomic E-state index is 12.9. The van der Waals surface area contributed by atoms with Crippen LogP contribution in [-0.2, 0) is 0 Å². The summed E-state index contributed by atoms with van der Waals surface area (Å²) in [4.78, 5) is 25.3. The molecular formula is C25H20O7. The summed E-state index contributed by atoms with van der Waals surface area (Å²) in [5.74, 6) is 1.18. The van der Waals surface area contributed by atoms with E-state index in [4.69, 9.17) is 23.4 Å². The third-order valence-electron chi connectivity index (χ3n) is 4.60.